The van der Waals surface area contributed by atoms with E-state index in [2.05, 4.69) is 116 Å². The van der Waals surface area contributed by atoms with Crippen LogP contribution in [-0.2, 0) is 0 Å². The maximum absolute atomic E-state index is 5.22. The Hall–Kier alpha value is -3.86. The molecule has 8 rings (SSSR count). The first-order chi connectivity index (χ1) is 18.7. The summed E-state index contributed by atoms with van der Waals surface area (Å²) in [5, 5.41) is 19.2. The maximum Gasteiger partial charge on any atom is -0.00203 e. The van der Waals surface area contributed by atoms with Crippen molar-refractivity contribution in [2.24, 2.45) is 0 Å². The van der Waals surface area contributed by atoms with E-state index in [0.717, 1.165) is 6.16 Å². The quantitative estimate of drug-likeness (QED) is 0.162. The smallest absolute Gasteiger partial charge is 0.00203 e. The number of hydrogen-bond donors (Lipinski definition) is 0. The van der Waals surface area contributed by atoms with Crippen molar-refractivity contribution in [3.8, 4) is 0 Å². The van der Waals surface area contributed by atoms with E-state index in [1.165, 1.54) is 88.1 Å². The third kappa shape index (κ3) is 2.93. The fourth-order valence-electron chi connectivity index (χ4n) is 6.99. The van der Waals surface area contributed by atoms with E-state index in [0.29, 0.717) is 0 Å². The topological polar surface area (TPSA) is 0 Å². The van der Waals surface area contributed by atoms with Crippen LogP contribution in [0.5, 0.6) is 0 Å². The average molecular weight is 505 g/mol. The molecule has 0 atom stereocenters. The molecule has 0 saturated carbocycles. The van der Waals surface area contributed by atoms with Crippen LogP contribution < -0.4 is 10.6 Å². The van der Waals surface area contributed by atoms with Crippen molar-refractivity contribution >= 4 is 88.4 Å². The van der Waals surface area contributed by atoms with Crippen molar-refractivity contribution in [1.82, 2.24) is 0 Å². The Morgan fingerprint density at radius 3 is 1.26 bits per heavy atom. The number of benzene rings is 8. The molecule has 0 N–H and O–H groups in total. The molecule has 182 valence electrons. The molecule has 38 heavy (non-hydrogen) atoms. The Balaban J connectivity index is 1.50. The van der Waals surface area contributed by atoms with Crippen molar-refractivity contribution < 1.29 is 0 Å². The molecule has 8 aromatic carbocycles. The van der Waals surface area contributed by atoms with Gasteiger partial charge in [-0.15, -0.1) is 0 Å². The van der Waals surface area contributed by atoms with Gasteiger partial charge in [0.15, 0.2) is 0 Å². The number of rotatable bonds is 5. The molecule has 0 nitrogen and oxygen atoms in total. The van der Waals surface area contributed by atoms with E-state index < -0.39 is 6.89 Å². The standard InChI is InChI=1S/C37H29P/c1-3-4-23-38(2,32-21-17-28-13-11-24-7-5-9-26-15-19-30(32)36(28)34(24)26)33-22-18-29-14-12-25-8-6-10-27-16-20-31(33)37(29)35(25)27/h5-22H,2-4,23H2,1H3. The summed E-state index contributed by atoms with van der Waals surface area (Å²) < 4.78 is 0. The van der Waals surface area contributed by atoms with Crippen LogP contribution in [0.2, 0.25) is 0 Å². The monoisotopic (exact) mass is 504 g/mol. The van der Waals surface area contributed by atoms with Gasteiger partial charge in [-0.1, -0.05) is 136 Å². The molecule has 0 aromatic heterocycles. The van der Waals surface area contributed by atoms with Crippen molar-refractivity contribution in [2.75, 3.05) is 6.16 Å². The second-order valence-electron chi connectivity index (χ2n) is 10.9. The molecule has 1 heteroatoms. The minimum absolute atomic E-state index is 1.12. The highest BCUT2D eigenvalue weighted by Crippen LogP contribution is 2.50. The maximum atomic E-state index is 5.22. The Labute approximate surface area is 223 Å². The van der Waals surface area contributed by atoms with Gasteiger partial charge in [0.05, 0.1) is 0 Å². The molecule has 8 aromatic rings. The molecule has 0 fully saturated rings. The lowest BCUT2D eigenvalue weighted by Gasteiger charge is -2.30. The lowest BCUT2D eigenvalue weighted by molar-refractivity contribution is 0.893. The van der Waals surface area contributed by atoms with Crippen LogP contribution in [0, 0.1) is 0 Å². The summed E-state index contributed by atoms with van der Waals surface area (Å²) in [6.45, 7) is 0.347. The predicted octanol–water partition coefficient (Wildman–Crippen LogP) is 9.68. The zero-order chi connectivity index (χ0) is 25.4. The largest absolute Gasteiger partial charge is 0.0926 e. The first-order valence-corrected chi connectivity index (χ1v) is 15.9. The number of unbranched alkanes of at least 4 members (excludes halogenated alkanes) is 1. The van der Waals surface area contributed by atoms with Gasteiger partial charge in [-0.3, -0.25) is 0 Å². The molecule has 0 spiro atoms. The van der Waals surface area contributed by atoms with Gasteiger partial charge in [-0.05, 0) is 87.8 Å². The average Bonchev–Trinajstić information content (AvgIpc) is 2.97. The predicted molar refractivity (Wildman–Crippen MR) is 173 cm³/mol. The van der Waals surface area contributed by atoms with Crippen LogP contribution in [0.4, 0.5) is 0 Å². The first kappa shape index (κ1) is 22.2. The van der Waals surface area contributed by atoms with Crippen LogP contribution in [0.25, 0.3) is 64.6 Å². The first-order valence-electron chi connectivity index (χ1n) is 13.7. The second kappa shape index (κ2) is 8.07. The van der Waals surface area contributed by atoms with E-state index in [9.17, 15) is 0 Å². The highest BCUT2D eigenvalue weighted by Gasteiger charge is 2.26. The van der Waals surface area contributed by atoms with Gasteiger partial charge in [-0.25, -0.2) is 0 Å². The lowest BCUT2D eigenvalue weighted by atomic mass is 9.94. The van der Waals surface area contributed by atoms with E-state index in [4.69, 9.17) is 6.30 Å². The summed E-state index contributed by atoms with van der Waals surface area (Å²) in [6.07, 6.45) is 8.70. The summed E-state index contributed by atoms with van der Waals surface area (Å²) >= 11 is 0. The zero-order valence-electron chi connectivity index (χ0n) is 21.7. The third-order valence-corrected chi connectivity index (χ3v) is 12.5. The van der Waals surface area contributed by atoms with Crippen molar-refractivity contribution in [1.29, 1.82) is 0 Å². The highest BCUT2D eigenvalue weighted by atomic mass is 31.2. The molecule has 0 aliphatic heterocycles. The molecule has 0 aliphatic rings. The van der Waals surface area contributed by atoms with Crippen LogP contribution in [0.3, 0.4) is 0 Å². The second-order valence-corrected chi connectivity index (χ2v) is 14.3. The fraction of sp³-hybridized carbons (Fsp3) is 0.108. The normalized spacial score (nSPS) is 12.8. The van der Waals surface area contributed by atoms with E-state index in [1.54, 1.807) is 0 Å². The molecule has 0 amide bonds. The molecule has 0 heterocycles. The Bertz CT molecular complexity index is 2020. The van der Waals surface area contributed by atoms with Crippen molar-refractivity contribution in [3.63, 3.8) is 0 Å². The van der Waals surface area contributed by atoms with E-state index in [-0.39, 0.29) is 0 Å². The van der Waals surface area contributed by atoms with Crippen LogP contribution in [0.1, 0.15) is 19.8 Å². The van der Waals surface area contributed by atoms with Crippen molar-refractivity contribution in [3.05, 3.63) is 109 Å². The molecule has 0 unspecified atom stereocenters. The van der Waals surface area contributed by atoms with Gasteiger partial charge in [0, 0.05) is 0 Å². The third-order valence-electron chi connectivity index (χ3n) is 8.83. The lowest BCUT2D eigenvalue weighted by Crippen LogP contribution is -2.21. The van der Waals surface area contributed by atoms with E-state index >= 15 is 0 Å². The summed E-state index contributed by atoms with van der Waals surface area (Å²) in [5.41, 5.74) is 0. The van der Waals surface area contributed by atoms with Gasteiger partial charge in [0.25, 0.3) is 0 Å². The van der Waals surface area contributed by atoms with Crippen molar-refractivity contribution in [2.45, 2.75) is 19.8 Å². The van der Waals surface area contributed by atoms with Crippen LogP contribution in [-0.4, -0.2) is 12.5 Å². The summed E-state index contributed by atoms with van der Waals surface area (Å²) in [4.78, 5) is 0. The van der Waals surface area contributed by atoms with Gasteiger partial charge >= 0.3 is 0 Å². The van der Waals surface area contributed by atoms with Gasteiger partial charge in [0.1, 0.15) is 0 Å². The van der Waals surface area contributed by atoms with Gasteiger partial charge in [-0.2, -0.15) is 0 Å². The number of hydrogen-bond acceptors (Lipinski definition) is 0. The Morgan fingerprint density at radius 1 is 0.474 bits per heavy atom. The van der Waals surface area contributed by atoms with Crippen LogP contribution in [0.15, 0.2) is 109 Å². The highest BCUT2D eigenvalue weighted by molar-refractivity contribution is 7.88. The fourth-order valence-corrected chi connectivity index (χ4v) is 10.6. The summed E-state index contributed by atoms with van der Waals surface area (Å²) in [6, 6.07) is 41.4. The molecule has 0 bridgehead atoms. The van der Waals surface area contributed by atoms with E-state index in [1.807, 2.05) is 0 Å². The minimum atomic E-state index is -1.96. The SMILES string of the molecule is C=P(CCCC)(c1ccc2ccc3cccc4ccc1c2c34)c1ccc2ccc3cccc4ccc1c2c34. The summed E-state index contributed by atoms with van der Waals surface area (Å²) in [7, 11) is 0. The molecular formula is C37H29P. The Morgan fingerprint density at radius 2 is 0.842 bits per heavy atom. The molecule has 0 saturated heterocycles. The molecule has 0 aliphatic carbocycles. The van der Waals surface area contributed by atoms with Gasteiger partial charge in [0.2, 0.25) is 0 Å². The van der Waals surface area contributed by atoms with Gasteiger partial charge < -0.3 is 0 Å². The molecular weight excluding hydrogens is 475 g/mol. The minimum Gasteiger partial charge on any atom is -0.0926 e. The summed E-state index contributed by atoms with van der Waals surface area (Å²) in [5.74, 6) is 0. The van der Waals surface area contributed by atoms with Crippen LogP contribution >= 0.6 is 6.89 Å². The Kier molecular flexibility index (Phi) is 4.70. The zero-order valence-corrected chi connectivity index (χ0v) is 22.6. The molecule has 0 radical (unpaired) electrons.